The predicted octanol–water partition coefficient (Wildman–Crippen LogP) is 3.48. The van der Waals surface area contributed by atoms with Crippen LogP contribution in [-0.4, -0.2) is 29.8 Å². The van der Waals surface area contributed by atoms with Crippen LogP contribution < -0.4 is 5.32 Å². The van der Waals surface area contributed by atoms with Gasteiger partial charge in [0.2, 0.25) is 11.8 Å². The van der Waals surface area contributed by atoms with Crippen LogP contribution in [0.1, 0.15) is 31.7 Å². The maximum atomic E-state index is 12.5. The highest BCUT2D eigenvalue weighted by Gasteiger charge is 2.49. The Morgan fingerprint density at radius 2 is 1.91 bits per heavy atom. The average molecular weight is 335 g/mol. The molecule has 0 spiro atoms. The van der Waals surface area contributed by atoms with E-state index in [1.54, 1.807) is 12.1 Å². The van der Waals surface area contributed by atoms with Crippen molar-refractivity contribution in [2.45, 2.75) is 33.1 Å². The fourth-order valence-corrected chi connectivity index (χ4v) is 3.35. The third-order valence-electron chi connectivity index (χ3n) is 5.00. The molecule has 2 fully saturated rings. The van der Waals surface area contributed by atoms with Crippen LogP contribution in [0.5, 0.6) is 0 Å². The molecule has 1 heterocycles. The second-order valence-corrected chi connectivity index (χ2v) is 7.34. The number of nitrogens with one attached hydrogen (secondary N) is 1. The molecule has 0 bridgehead atoms. The second-order valence-electron chi connectivity index (χ2n) is 6.90. The summed E-state index contributed by atoms with van der Waals surface area (Å²) in [7, 11) is 0. The van der Waals surface area contributed by atoms with Crippen LogP contribution in [0.3, 0.4) is 0 Å². The van der Waals surface area contributed by atoms with Crippen molar-refractivity contribution in [3.63, 3.8) is 0 Å². The largest absolute Gasteiger partial charge is 0.342 e. The van der Waals surface area contributed by atoms with Gasteiger partial charge in [-0.25, -0.2) is 0 Å². The summed E-state index contributed by atoms with van der Waals surface area (Å²) in [4.78, 5) is 26.8. The zero-order valence-corrected chi connectivity index (χ0v) is 14.4. The Morgan fingerprint density at radius 1 is 1.22 bits per heavy atom. The van der Waals surface area contributed by atoms with Crippen molar-refractivity contribution in [3.8, 4) is 0 Å². The van der Waals surface area contributed by atoms with Crippen molar-refractivity contribution < 1.29 is 9.59 Å². The average Bonchev–Trinajstić information content (AvgIpc) is 3.31. The number of piperidine rings is 1. The Morgan fingerprint density at radius 3 is 2.61 bits per heavy atom. The molecule has 124 valence electrons. The van der Waals surface area contributed by atoms with Crippen molar-refractivity contribution in [3.05, 3.63) is 28.8 Å². The lowest BCUT2D eigenvalue weighted by Crippen LogP contribution is -2.39. The number of anilines is 1. The molecule has 1 saturated carbocycles. The molecule has 1 N–H and O–H groups in total. The van der Waals surface area contributed by atoms with Gasteiger partial charge in [-0.2, -0.15) is 0 Å². The highest BCUT2D eigenvalue weighted by molar-refractivity contribution is 6.31. The summed E-state index contributed by atoms with van der Waals surface area (Å²) >= 11 is 5.98. The molecule has 1 aromatic rings. The van der Waals surface area contributed by atoms with Crippen LogP contribution in [0.15, 0.2) is 18.2 Å². The van der Waals surface area contributed by atoms with Gasteiger partial charge in [0.25, 0.3) is 0 Å². The topological polar surface area (TPSA) is 49.4 Å². The van der Waals surface area contributed by atoms with E-state index in [2.05, 4.69) is 12.2 Å². The molecule has 2 unspecified atom stereocenters. The number of amides is 2. The molecule has 23 heavy (non-hydrogen) atoms. The minimum absolute atomic E-state index is 0.0703. The molecule has 1 aliphatic heterocycles. The Bertz CT molecular complexity index is 623. The molecule has 1 aliphatic carbocycles. The van der Waals surface area contributed by atoms with Crippen molar-refractivity contribution >= 4 is 29.1 Å². The van der Waals surface area contributed by atoms with E-state index in [0.29, 0.717) is 17.4 Å². The summed E-state index contributed by atoms with van der Waals surface area (Å²) in [6.07, 6.45) is 2.80. The number of hydrogen-bond donors (Lipinski definition) is 1. The fraction of sp³-hybridized carbons (Fsp3) is 0.556. The summed E-state index contributed by atoms with van der Waals surface area (Å²) < 4.78 is 0. The van der Waals surface area contributed by atoms with Gasteiger partial charge in [0.1, 0.15) is 0 Å². The molecule has 0 aromatic heterocycles. The molecule has 1 saturated heterocycles. The molecule has 2 amide bonds. The van der Waals surface area contributed by atoms with Crippen LogP contribution in [-0.2, 0) is 9.59 Å². The van der Waals surface area contributed by atoms with Gasteiger partial charge in [-0.1, -0.05) is 24.6 Å². The van der Waals surface area contributed by atoms with Crippen molar-refractivity contribution in [1.29, 1.82) is 0 Å². The van der Waals surface area contributed by atoms with Crippen LogP contribution in [0.2, 0.25) is 5.02 Å². The summed E-state index contributed by atoms with van der Waals surface area (Å²) in [6, 6.07) is 5.43. The molecule has 0 radical (unpaired) electrons. The van der Waals surface area contributed by atoms with E-state index in [0.717, 1.165) is 37.2 Å². The number of nitrogens with zero attached hydrogens (tertiary/aromatic N) is 1. The smallest absolute Gasteiger partial charge is 0.228 e. The van der Waals surface area contributed by atoms with Gasteiger partial charge in [-0.05, 0) is 49.8 Å². The molecule has 2 atom stereocenters. The number of likely N-dealkylation sites (tertiary alicyclic amines) is 1. The number of benzene rings is 1. The highest BCUT2D eigenvalue weighted by atomic mass is 35.5. The maximum Gasteiger partial charge on any atom is 0.228 e. The van der Waals surface area contributed by atoms with Crippen LogP contribution in [0.4, 0.5) is 5.69 Å². The van der Waals surface area contributed by atoms with E-state index in [-0.39, 0.29) is 23.7 Å². The molecule has 1 aromatic carbocycles. The highest BCUT2D eigenvalue weighted by Crippen LogP contribution is 2.41. The summed E-state index contributed by atoms with van der Waals surface area (Å²) in [5, 5.41) is 3.51. The first kappa shape index (κ1) is 16.3. The monoisotopic (exact) mass is 334 g/mol. The predicted molar refractivity (Wildman–Crippen MR) is 91.4 cm³/mol. The first-order valence-corrected chi connectivity index (χ1v) is 8.69. The van der Waals surface area contributed by atoms with Crippen molar-refractivity contribution in [1.82, 2.24) is 4.90 Å². The quantitative estimate of drug-likeness (QED) is 0.920. The summed E-state index contributed by atoms with van der Waals surface area (Å²) in [5.41, 5.74) is 1.70. The molecular formula is C18H23ClN2O2. The molecule has 5 heteroatoms. The molecule has 3 rings (SSSR count). The van der Waals surface area contributed by atoms with Crippen LogP contribution in [0, 0.1) is 24.7 Å². The standard InChI is InChI=1S/C18H23ClN2O2/c1-11-5-7-21(8-6-11)18(23)15-10-14(15)17(22)20-16-9-13(19)4-3-12(16)2/h3-4,9,11,14-15H,5-8,10H2,1-2H3,(H,20,22). The minimum Gasteiger partial charge on any atom is -0.342 e. The van der Waals surface area contributed by atoms with E-state index < -0.39 is 0 Å². The first-order chi connectivity index (χ1) is 11.0. The number of carbonyl (C=O) groups excluding carboxylic acids is 2. The Kier molecular flexibility index (Phi) is 4.62. The summed E-state index contributed by atoms with van der Waals surface area (Å²) in [6.45, 7) is 5.81. The number of hydrogen-bond acceptors (Lipinski definition) is 2. The normalized spacial score (nSPS) is 24.4. The number of halogens is 1. The van der Waals surface area contributed by atoms with Crippen molar-refractivity contribution in [2.24, 2.45) is 17.8 Å². The number of carbonyl (C=O) groups is 2. The van der Waals surface area contributed by atoms with Gasteiger partial charge < -0.3 is 10.2 Å². The maximum absolute atomic E-state index is 12.5. The third kappa shape index (κ3) is 3.69. The SMILES string of the molecule is Cc1ccc(Cl)cc1NC(=O)C1CC1C(=O)N1CCC(C)CC1. The van der Waals surface area contributed by atoms with E-state index in [9.17, 15) is 9.59 Å². The van der Waals surface area contributed by atoms with E-state index >= 15 is 0 Å². The van der Waals surface area contributed by atoms with E-state index in [1.165, 1.54) is 0 Å². The van der Waals surface area contributed by atoms with Gasteiger partial charge in [-0.3, -0.25) is 9.59 Å². The molecule has 2 aliphatic rings. The number of rotatable bonds is 3. The summed E-state index contributed by atoms with van der Waals surface area (Å²) in [5.74, 6) is 0.449. The van der Waals surface area contributed by atoms with Gasteiger partial charge in [0.15, 0.2) is 0 Å². The van der Waals surface area contributed by atoms with Gasteiger partial charge >= 0.3 is 0 Å². The van der Waals surface area contributed by atoms with E-state index in [4.69, 9.17) is 11.6 Å². The zero-order valence-electron chi connectivity index (χ0n) is 13.6. The Labute approximate surface area is 142 Å². The van der Waals surface area contributed by atoms with E-state index in [1.807, 2.05) is 17.9 Å². The third-order valence-corrected chi connectivity index (χ3v) is 5.23. The van der Waals surface area contributed by atoms with Gasteiger partial charge in [0, 0.05) is 23.8 Å². The first-order valence-electron chi connectivity index (χ1n) is 8.31. The lowest BCUT2D eigenvalue weighted by molar-refractivity contribution is -0.135. The molecule has 4 nitrogen and oxygen atoms in total. The Hall–Kier alpha value is -1.55. The Balaban J connectivity index is 1.56. The lowest BCUT2D eigenvalue weighted by atomic mass is 9.99. The fourth-order valence-electron chi connectivity index (χ4n) is 3.18. The lowest BCUT2D eigenvalue weighted by Gasteiger charge is -2.30. The van der Waals surface area contributed by atoms with Crippen LogP contribution in [0.25, 0.3) is 0 Å². The van der Waals surface area contributed by atoms with Crippen LogP contribution >= 0.6 is 11.6 Å². The zero-order chi connectivity index (χ0) is 16.6. The number of aryl methyl sites for hydroxylation is 1. The van der Waals surface area contributed by atoms with Gasteiger partial charge in [-0.15, -0.1) is 0 Å². The minimum atomic E-state index is -0.194. The second kappa shape index (κ2) is 6.52. The molecular weight excluding hydrogens is 312 g/mol. The van der Waals surface area contributed by atoms with Crippen molar-refractivity contribution in [2.75, 3.05) is 18.4 Å². The van der Waals surface area contributed by atoms with Gasteiger partial charge in [0.05, 0.1) is 11.8 Å².